The molecule has 2 rings (SSSR count). The van der Waals surface area contributed by atoms with Gasteiger partial charge in [0.2, 0.25) is 0 Å². The molecule has 2 atom stereocenters. The summed E-state index contributed by atoms with van der Waals surface area (Å²) in [6.07, 6.45) is 0.823. The van der Waals surface area contributed by atoms with E-state index in [4.69, 9.17) is 0 Å². The van der Waals surface area contributed by atoms with E-state index in [9.17, 15) is 4.39 Å². The highest BCUT2D eigenvalue weighted by molar-refractivity contribution is 9.10. The summed E-state index contributed by atoms with van der Waals surface area (Å²) in [4.78, 5) is 0. The molecular weight excluding hydrogens is 289 g/mol. The molecule has 1 aliphatic heterocycles. The van der Waals surface area contributed by atoms with Gasteiger partial charge < -0.3 is 5.32 Å². The van der Waals surface area contributed by atoms with Crippen LogP contribution in [0, 0.1) is 11.7 Å². The van der Waals surface area contributed by atoms with Crippen molar-refractivity contribution in [2.45, 2.75) is 12.5 Å². The van der Waals surface area contributed by atoms with E-state index in [1.54, 1.807) is 6.07 Å². The van der Waals surface area contributed by atoms with Gasteiger partial charge in [0.05, 0.1) is 0 Å². The second-order valence-electron chi connectivity index (χ2n) is 4.13. The van der Waals surface area contributed by atoms with Crippen LogP contribution < -0.4 is 5.32 Å². The van der Waals surface area contributed by atoms with Gasteiger partial charge in [-0.15, -0.1) is 0 Å². The molecule has 0 spiro atoms. The molecule has 1 N–H and O–H groups in total. The van der Waals surface area contributed by atoms with E-state index in [0.717, 1.165) is 28.0 Å². The Morgan fingerprint density at radius 3 is 3.06 bits per heavy atom. The fourth-order valence-corrected chi connectivity index (χ4v) is 3.99. The van der Waals surface area contributed by atoms with Crippen LogP contribution in [0.4, 0.5) is 4.39 Å². The van der Waals surface area contributed by atoms with Crippen molar-refractivity contribution >= 4 is 27.7 Å². The summed E-state index contributed by atoms with van der Waals surface area (Å²) in [5.41, 5.74) is 0.821. The Hall–Kier alpha value is -0.0600. The molecule has 1 fully saturated rings. The Bertz CT molecular complexity index is 372. The maximum absolute atomic E-state index is 13.6. The number of rotatable bonds is 3. The lowest BCUT2D eigenvalue weighted by Gasteiger charge is -2.18. The maximum Gasteiger partial charge on any atom is 0.126 e. The van der Waals surface area contributed by atoms with Gasteiger partial charge in [0, 0.05) is 16.3 Å². The third kappa shape index (κ3) is 2.79. The van der Waals surface area contributed by atoms with Crippen LogP contribution in [0.3, 0.4) is 0 Å². The molecular formula is C12H15BrFNS. The third-order valence-electron chi connectivity index (χ3n) is 3.06. The number of thioether (sulfide) groups is 1. The van der Waals surface area contributed by atoms with E-state index in [0.29, 0.717) is 12.0 Å². The Labute approximate surface area is 108 Å². The lowest BCUT2D eigenvalue weighted by Crippen LogP contribution is -2.33. The quantitative estimate of drug-likeness (QED) is 0.921. The largest absolute Gasteiger partial charge is 0.316 e. The highest BCUT2D eigenvalue weighted by Crippen LogP contribution is 2.28. The first kappa shape index (κ1) is 12.4. The minimum absolute atomic E-state index is 0.0880. The van der Waals surface area contributed by atoms with Gasteiger partial charge in [0.15, 0.2) is 0 Å². The number of hydrogen-bond donors (Lipinski definition) is 1. The molecule has 0 saturated carbocycles. The smallest absolute Gasteiger partial charge is 0.126 e. The van der Waals surface area contributed by atoms with E-state index in [-0.39, 0.29) is 5.82 Å². The average molecular weight is 304 g/mol. The summed E-state index contributed by atoms with van der Waals surface area (Å²) in [7, 11) is 1.99. The molecule has 0 bridgehead atoms. The van der Waals surface area contributed by atoms with Crippen LogP contribution in [0.2, 0.25) is 0 Å². The van der Waals surface area contributed by atoms with Crippen molar-refractivity contribution in [2.75, 3.05) is 18.6 Å². The van der Waals surface area contributed by atoms with Crippen molar-refractivity contribution in [1.82, 2.24) is 5.32 Å². The summed E-state index contributed by atoms with van der Waals surface area (Å²) in [6, 6.07) is 5.70. The molecule has 2 unspecified atom stereocenters. The maximum atomic E-state index is 13.6. The van der Waals surface area contributed by atoms with Gasteiger partial charge in [0.1, 0.15) is 5.82 Å². The molecule has 0 aliphatic carbocycles. The van der Waals surface area contributed by atoms with Crippen LogP contribution >= 0.6 is 27.7 Å². The van der Waals surface area contributed by atoms with Crippen molar-refractivity contribution in [3.63, 3.8) is 0 Å². The van der Waals surface area contributed by atoms with E-state index in [1.807, 2.05) is 24.9 Å². The minimum atomic E-state index is -0.0880. The highest BCUT2D eigenvalue weighted by atomic mass is 79.9. The van der Waals surface area contributed by atoms with Gasteiger partial charge in [-0.3, -0.25) is 0 Å². The van der Waals surface area contributed by atoms with Crippen LogP contribution in [0.5, 0.6) is 0 Å². The molecule has 1 aromatic rings. The number of nitrogens with one attached hydrogen (secondary N) is 1. The van der Waals surface area contributed by atoms with E-state index in [1.165, 1.54) is 6.07 Å². The van der Waals surface area contributed by atoms with Crippen LogP contribution in [0.25, 0.3) is 0 Å². The summed E-state index contributed by atoms with van der Waals surface area (Å²) >= 11 is 5.34. The normalized spacial score (nSPS) is 24.9. The van der Waals surface area contributed by atoms with Gasteiger partial charge in [0.25, 0.3) is 0 Å². The van der Waals surface area contributed by atoms with Gasteiger partial charge in [-0.05, 0) is 48.9 Å². The standard InChI is InChI=1S/C12H15BrFNS/c1-15-12-7-16-6-9(12)4-8-5-10(13)2-3-11(8)14/h2-3,5,9,12,15H,4,6-7H2,1H3. The first-order valence-corrected chi connectivity index (χ1v) is 7.34. The Morgan fingerprint density at radius 2 is 2.31 bits per heavy atom. The summed E-state index contributed by atoms with van der Waals surface area (Å²) in [5.74, 6) is 2.71. The molecule has 0 radical (unpaired) electrons. The summed E-state index contributed by atoms with van der Waals surface area (Å²) in [6.45, 7) is 0. The molecule has 0 aromatic heterocycles. The van der Waals surface area contributed by atoms with Crippen molar-refractivity contribution in [1.29, 1.82) is 0 Å². The average Bonchev–Trinajstić information content (AvgIpc) is 2.71. The van der Waals surface area contributed by atoms with Crippen molar-refractivity contribution in [3.05, 3.63) is 34.1 Å². The van der Waals surface area contributed by atoms with Crippen LogP contribution in [0.1, 0.15) is 5.56 Å². The molecule has 4 heteroatoms. The number of halogens is 2. The second-order valence-corrected chi connectivity index (χ2v) is 6.12. The summed E-state index contributed by atoms with van der Waals surface area (Å²) < 4.78 is 14.6. The zero-order valence-corrected chi connectivity index (χ0v) is 11.6. The minimum Gasteiger partial charge on any atom is -0.316 e. The highest BCUT2D eigenvalue weighted by Gasteiger charge is 2.27. The van der Waals surface area contributed by atoms with Crippen molar-refractivity contribution < 1.29 is 4.39 Å². The molecule has 0 amide bonds. The predicted octanol–water partition coefficient (Wildman–Crippen LogP) is 3.08. The van der Waals surface area contributed by atoms with Gasteiger partial charge in [-0.25, -0.2) is 4.39 Å². The van der Waals surface area contributed by atoms with Crippen LogP contribution in [-0.2, 0) is 6.42 Å². The monoisotopic (exact) mass is 303 g/mol. The van der Waals surface area contributed by atoms with Crippen molar-refractivity contribution in [2.24, 2.45) is 5.92 Å². The number of benzene rings is 1. The number of hydrogen-bond acceptors (Lipinski definition) is 2. The zero-order valence-electron chi connectivity index (χ0n) is 9.17. The molecule has 1 aliphatic rings. The molecule has 1 saturated heterocycles. The van der Waals surface area contributed by atoms with E-state index in [2.05, 4.69) is 21.2 Å². The zero-order chi connectivity index (χ0) is 11.5. The lowest BCUT2D eigenvalue weighted by molar-refractivity contribution is 0.445. The van der Waals surface area contributed by atoms with Gasteiger partial charge in [-0.1, -0.05) is 15.9 Å². The topological polar surface area (TPSA) is 12.0 Å². The van der Waals surface area contributed by atoms with E-state index >= 15 is 0 Å². The SMILES string of the molecule is CNC1CSCC1Cc1cc(Br)ccc1F. The predicted molar refractivity (Wildman–Crippen MR) is 71.5 cm³/mol. The third-order valence-corrected chi connectivity index (χ3v) is 4.81. The molecule has 88 valence electrons. The molecule has 1 nitrogen and oxygen atoms in total. The van der Waals surface area contributed by atoms with Crippen LogP contribution in [-0.4, -0.2) is 24.6 Å². The van der Waals surface area contributed by atoms with Gasteiger partial charge in [-0.2, -0.15) is 11.8 Å². The first-order valence-electron chi connectivity index (χ1n) is 5.39. The first-order chi connectivity index (χ1) is 7.70. The van der Waals surface area contributed by atoms with Crippen LogP contribution in [0.15, 0.2) is 22.7 Å². The second kappa shape index (κ2) is 5.52. The Balaban J connectivity index is 2.11. The van der Waals surface area contributed by atoms with Gasteiger partial charge >= 0.3 is 0 Å². The lowest BCUT2D eigenvalue weighted by atomic mass is 9.95. The molecule has 1 aromatic carbocycles. The molecule has 16 heavy (non-hydrogen) atoms. The fourth-order valence-electron chi connectivity index (χ4n) is 2.10. The summed E-state index contributed by atoms with van der Waals surface area (Å²) in [5, 5.41) is 3.31. The fraction of sp³-hybridized carbons (Fsp3) is 0.500. The Kier molecular flexibility index (Phi) is 4.27. The van der Waals surface area contributed by atoms with Crippen molar-refractivity contribution in [3.8, 4) is 0 Å². The molecule has 1 heterocycles. The van der Waals surface area contributed by atoms with E-state index < -0.39 is 0 Å². The Morgan fingerprint density at radius 1 is 1.50 bits per heavy atom.